The Labute approximate surface area is 192 Å². The highest BCUT2D eigenvalue weighted by atomic mass is 35.5. The van der Waals surface area contributed by atoms with Crippen molar-refractivity contribution in [1.82, 2.24) is 14.8 Å². The molecule has 2 aromatic carbocycles. The van der Waals surface area contributed by atoms with Gasteiger partial charge in [-0.1, -0.05) is 35.9 Å². The number of likely N-dealkylation sites (N-methyl/N-ethyl adjacent to an activating group) is 1. The van der Waals surface area contributed by atoms with Crippen molar-refractivity contribution >= 4 is 23.4 Å². The van der Waals surface area contributed by atoms with Gasteiger partial charge in [0.2, 0.25) is 5.91 Å². The minimum absolute atomic E-state index is 0.0798. The molecule has 0 saturated carbocycles. The maximum atomic E-state index is 13.4. The SMILES string of the molecule is COc1ccc(Cl)cc1C(=O)N1CCN(C)C(=O)[C@H]1Cc1ccc(-c2ccncc2)cc1. The van der Waals surface area contributed by atoms with Gasteiger partial charge in [-0.05, 0) is 47.0 Å². The van der Waals surface area contributed by atoms with Crippen LogP contribution in [0.4, 0.5) is 0 Å². The van der Waals surface area contributed by atoms with E-state index in [1.807, 2.05) is 36.4 Å². The molecule has 1 aliphatic heterocycles. The van der Waals surface area contributed by atoms with Crippen molar-refractivity contribution in [3.05, 3.63) is 83.1 Å². The molecular formula is C25H24ClN3O3. The zero-order valence-electron chi connectivity index (χ0n) is 18.0. The molecule has 4 rings (SSSR count). The Hall–Kier alpha value is -3.38. The molecule has 1 aromatic heterocycles. The van der Waals surface area contributed by atoms with Gasteiger partial charge in [0, 0.05) is 44.0 Å². The predicted molar refractivity (Wildman–Crippen MR) is 124 cm³/mol. The van der Waals surface area contributed by atoms with E-state index in [9.17, 15) is 9.59 Å². The predicted octanol–water partition coefficient (Wildman–Crippen LogP) is 3.94. The van der Waals surface area contributed by atoms with Gasteiger partial charge >= 0.3 is 0 Å². The molecule has 0 spiro atoms. The Kier molecular flexibility index (Phi) is 6.42. The molecule has 164 valence electrons. The molecule has 0 radical (unpaired) electrons. The summed E-state index contributed by atoms with van der Waals surface area (Å²) in [6, 6.07) is 16.3. The molecule has 1 saturated heterocycles. The van der Waals surface area contributed by atoms with Crippen molar-refractivity contribution in [1.29, 1.82) is 0 Å². The number of hydrogen-bond donors (Lipinski definition) is 0. The molecule has 0 bridgehead atoms. The van der Waals surface area contributed by atoms with Gasteiger partial charge in [-0.15, -0.1) is 0 Å². The number of carbonyl (C=O) groups excluding carboxylic acids is 2. The number of methoxy groups -OCH3 is 1. The van der Waals surface area contributed by atoms with Gasteiger partial charge in [0.05, 0.1) is 12.7 Å². The Morgan fingerprint density at radius 2 is 1.75 bits per heavy atom. The number of nitrogens with zero attached hydrogens (tertiary/aromatic N) is 3. The molecule has 2 amide bonds. The lowest BCUT2D eigenvalue weighted by Crippen LogP contribution is -2.58. The quantitative estimate of drug-likeness (QED) is 0.592. The molecule has 3 aromatic rings. The molecular weight excluding hydrogens is 426 g/mol. The van der Waals surface area contributed by atoms with Crippen molar-refractivity contribution in [3.8, 4) is 16.9 Å². The lowest BCUT2D eigenvalue weighted by molar-refractivity contribution is -0.138. The first kappa shape index (κ1) is 21.8. The van der Waals surface area contributed by atoms with Crippen molar-refractivity contribution in [2.24, 2.45) is 0 Å². The van der Waals surface area contributed by atoms with E-state index >= 15 is 0 Å². The summed E-state index contributed by atoms with van der Waals surface area (Å²) < 4.78 is 5.36. The summed E-state index contributed by atoms with van der Waals surface area (Å²) in [6.45, 7) is 0.918. The summed E-state index contributed by atoms with van der Waals surface area (Å²) >= 11 is 6.13. The maximum Gasteiger partial charge on any atom is 0.258 e. The number of carbonyl (C=O) groups is 2. The highest BCUT2D eigenvalue weighted by Gasteiger charge is 2.37. The lowest BCUT2D eigenvalue weighted by atomic mass is 9.98. The molecule has 1 fully saturated rings. The van der Waals surface area contributed by atoms with E-state index in [4.69, 9.17) is 16.3 Å². The maximum absolute atomic E-state index is 13.4. The van der Waals surface area contributed by atoms with Crippen molar-refractivity contribution in [2.45, 2.75) is 12.5 Å². The van der Waals surface area contributed by atoms with Crippen LogP contribution in [0.5, 0.6) is 5.75 Å². The molecule has 0 N–H and O–H groups in total. The fourth-order valence-electron chi connectivity index (χ4n) is 3.96. The summed E-state index contributed by atoms with van der Waals surface area (Å²) in [5, 5.41) is 0.442. The average Bonchev–Trinajstić information content (AvgIpc) is 2.83. The number of amides is 2. The third kappa shape index (κ3) is 4.46. The number of pyridine rings is 1. The third-order valence-electron chi connectivity index (χ3n) is 5.76. The summed E-state index contributed by atoms with van der Waals surface area (Å²) in [6.07, 6.45) is 3.94. The van der Waals surface area contributed by atoms with Crippen LogP contribution >= 0.6 is 11.6 Å². The van der Waals surface area contributed by atoms with Crippen LogP contribution in [0.2, 0.25) is 5.02 Å². The highest BCUT2D eigenvalue weighted by Crippen LogP contribution is 2.27. The van der Waals surface area contributed by atoms with Crippen LogP contribution in [0.3, 0.4) is 0 Å². The largest absolute Gasteiger partial charge is 0.496 e. The van der Waals surface area contributed by atoms with Crippen LogP contribution in [0.15, 0.2) is 67.0 Å². The second-order valence-electron chi connectivity index (χ2n) is 7.76. The van der Waals surface area contributed by atoms with Crippen molar-refractivity contribution in [3.63, 3.8) is 0 Å². The van der Waals surface area contributed by atoms with Gasteiger partial charge in [0.15, 0.2) is 0 Å². The summed E-state index contributed by atoms with van der Waals surface area (Å²) in [5.74, 6) is 0.0965. The summed E-state index contributed by atoms with van der Waals surface area (Å²) in [5.41, 5.74) is 3.48. The Bertz CT molecular complexity index is 1120. The fraction of sp³-hybridized carbons (Fsp3) is 0.240. The Morgan fingerprint density at radius 1 is 1.06 bits per heavy atom. The van der Waals surface area contributed by atoms with Crippen LogP contribution in [0.1, 0.15) is 15.9 Å². The van der Waals surface area contributed by atoms with Crippen LogP contribution in [-0.4, -0.2) is 59.9 Å². The molecule has 1 atom stereocenters. The topological polar surface area (TPSA) is 62.7 Å². The summed E-state index contributed by atoms with van der Waals surface area (Å²) in [7, 11) is 3.28. The van der Waals surface area contributed by atoms with Gasteiger partial charge in [-0.25, -0.2) is 0 Å². The number of ether oxygens (including phenoxy) is 1. The number of benzene rings is 2. The minimum atomic E-state index is -0.600. The monoisotopic (exact) mass is 449 g/mol. The second-order valence-corrected chi connectivity index (χ2v) is 8.19. The first-order valence-corrected chi connectivity index (χ1v) is 10.7. The number of halogens is 1. The van der Waals surface area contributed by atoms with E-state index in [1.54, 1.807) is 47.4 Å². The Balaban J connectivity index is 1.60. The number of piperazine rings is 1. The van der Waals surface area contributed by atoms with Crippen LogP contribution < -0.4 is 4.74 Å². The van der Waals surface area contributed by atoms with Gasteiger partial charge in [-0.3, -0.25) is 14.6 Å². The third-order valence-corrected chi connectivity index (χ3v) is 6.00. The zero-order chi connectivity index (χ0) is 22.7. The van der Waals surface area contributed by atoms with Crippen LogP contribution in [-0.2, 0) is 11.2 Å². The lowest BCUT2D eigenvalue weighted by Gasteiger charge is -2.39. The number of aromatic nitrogens is 1. The molecule has 0 aliphatic carbocycles. The molecule has 1 aliphatic rings. The standard InChI is InChI=1S/C25H24ClN3O3/c1-28-13-14-29(24(30)21-16-20(26)7-8-23(21)32-2)22(25(28)31)15-17-3-5-18(6-4-17)19-9-11-27-12-10-19/h3-12,16,22H,13-15H2,1-2H3/t22-/m1/s1. The normalized spacial score (nSPS) is 16.2. The van der Waals surface area contributed by atoms with Gasteiger partial charge in [0.25, 0.3) is 5.91 Å². The van der Waals surface area contributed by atoms with Gasteiger partial charge < -0.3 is 14.5 Å². The minimum Gasteiger partial charge on any atom is -0.496 e. The van der Waals surface area contributed by atoms with E-state index in [2.05, 4.69) is 4.98 Å². The van der Waals surface area contributed by atoms with Crippen molar-refractivity contribution < 1.29 is 14.3 Å². The van der Waals surface area contributed by atoms with Gasteiger partial charge in [0.1, 0.15) is 11.8 Å². The molecule has 6 nitrogen and oxygen atoms in total. The van der Waals surface area contributed by atoms with E-state index in [0.29, 0.717) is 35.8 Å². The second kappa shape index (κ2) is 9.40. The highest BCUT2D eigenvalue weighted by molar-refractivity contribution is 6.31. The number of rotatable bonds is 5. The number of hydrogen-bond acceptors (Lipinski definition) is 4. The van der Waals surface area contributed by atoms with E-state index in [1.165, 1.54) is 7.11 Å². The van der Waals surface area contributed by atoms with Crippen LogP contribution in [0.25, 0.3) is 11.1 Å². The van der Waals surface area contributed by atoms with Gasteiger partial charge in [-0.2, -0.15) is 0 Å². The molecule has 2 heterocycles. The first-order valence-electron chi connectivity index (χ1n) is 10.4. The molecule has 7 heteroatoms. The smallest absolute Gasteiger partial charge is 0.258 e. The van der Waals surface area contributed by atoms with E-state index in [-0.39, 0.29) is 11.8 Å². The fourth-order valence-corrected chi connectivity index (χ4v) is 4.13. The molecule has 32 heavy (non-hydrogen) atoms. The average molecular weight is 450 g/mol. The molecule has 0 unspecified atom stereocenters. The van der Waals surface area contributed by atoms with E-state index < -0.39 is 6.04 Å². The summed E-state index contributed by atoms with van der Waals surface area (Å²) in [4.78, 5) is 33.8. The van der Waals surface area contributed by atoms with Crippen molar-refractivity contribution in [2.75, 3.05) is 27.2 Å². The zero-order valence-corrected chi connectivity index (χ0v) is 18.7. The van der Waals surface area contributed by atoms with Crippen LogP contribution in [0, 0.1) is 0 Å². The first-order chi connectivity index (χ1) is 15.5. The Morgan fingerprint density at radius 3 is 2.44 bits per heavy atom. The van der Waals surface area contributed by atoms with E-state index in [0.717, 1.165) is 16.7 Å².